The number of fused-ring (bicyclic) bond motifs is 2. The molecule has 6 heteroatoms. The number of ether oxygens (including phenoxy) is 1. The predicted octanol–water partition coefficient (Wildman–Crippen LogP) is 3.38. The van der Waals surface area contributed by atoms with Gasteiger partial charge in [-0.3, -0.25) is 9.69 Å². The molecule has 130 valence electrons. The number of halogens is 1. The first-order valence-corrected chi connectivity index (χ1v) is 8.88. The summed E-state index contributed by atoms with van der Waals surface area (Å²) in [5, 5.41) is 4.01. The second-order valence-corrected chi connectivity index (χ2v) is 6.68. The normalized spacial score (nSPS) is 17.5. The van der Waals surface area contributed by atoms with Crippen LogP contribution in [0.2, 0.25) is 5.02 Å². The van der Waals surface area contributed by atoms with Crippen LogP contribution < -0.4 is 10.2 Å². The molecule has 2 aliphatic heterocycles. The number of rotatable bonds is 3. The fraction of sp³-hybridized carbons (Fsp3) is 0.316. The third kappa shape index (κ3) is 3.35. The summed E-state index contributed by atoms with van der Waals surface area (Å²) in [6, 6.07) is 13.2. The zero-order valence-electron chi connectivity index (χ0n) is 13.9. The Balaban J connectivity index is 1.67. The summed E-state index contributed by atoms with van der Waals surface area (Å²) in [4.78, 5) is 17.3. The van der Waals surface area contributed by atoms with Crippen LogP contribution in [0.15, 0.2) is 42.5 Å². The van der Waals surface area contributed by atoms with Gasteiger partial charge in [-0.15, -0.1) is 0 Å². The standard InChI is InChI=1S/C19H20ClN3O2/c20-14-5-6-18-17(13-14)21-16-4-2-1-3-15(16)19(24)23(18)8-7-22-9-11-25-12-10-22/h1-6,13,21H,7-12H2. The monoisotopic (exact) mass is 357 g/mol. The van der Waals surface area contributed by atoms with E-state index in [1.807, 2.05) is 47.4 Å². The van der Waals surface area contributed by atoms with Crippen LogP contribution in [0.5, 0.6) is 0 Å². The van der Waals surface area contributed by atoms with E-state index in [4.69, 9.17) is 16.3 Å². The van der Waals surface area contributed by atoms with E-state index in [1.54, 1.807) is 0 Å². The fourth-order valence-corrected chi connectivity index (χ4v) is 3.48. The summed E-state index contributed by atoms with van der Waals surface area (Å²) in [6.07, 6.45) is 0. The van der Waals surface area contributed by atoms with Gasteiger partial charge in [0.25, 0.3) is 5.91 Å². The predicted molar refractivity (Wildman–Crippen MR) is 100 cm³/mol. The lowest BCUT2D eigenvalue weighted by Gasteiger charge is -2.30. The van der Waals surface area contributed by atoms with Crippen LogP contribution in [0.4, 0.5) is 17.1 Å². The van der Waals surface area contributed by atoms with Gasteiger partial charge < -0.3 is 15.0 Å². The van der Waals surface area contributed by atoms with Gasteiger partial charge in [-0.25, -0.2) is 0 Å². The van der Waals surface area contributed by atoms with Crippen molar-refractivity contribution in [1.82, 2.24) is 4.90 Å². The zero-order valence-corrected chi connectivity index (χ0v) is 14.6. The quantitative estimate of drug-likeness (QED) is 0.914. The number of hydrogen-bond acceptors (Lipinski definition) is 4. The van der Waals surface area contributed by atoms with Gasteiger partial charge in [0.05, 0.1) is 35.8 Å². The summed E-state index contributed by atoms with van der Waals surface area (Å²) in [5.41, 5.74) is 3.20. The number of nitrogens with zero attached hydrogens (tertiary/aromatic N) is 2. The molecule has 0 radical (unpaired) electrons. The molecule has 0 atom stereocenters. The minimum atomic E-state index is 0.0115. The topological polar surface area (TPSA) is 44.8 Å². The van der Waals surface area contributed by atoms with E-state index in [1.165, 1.54) is 0 Å². The van der Waals surface area contributed by atoms with Crippen molar-refractivity contribution in [2.24, 2.45) is 0 Å². The highest BCUT2D eigenvalue weighted by molar-refractivity contribution is 6.31. The third-order valence-electron chi connectivity index (χ3n) is 4.66. The fourth-order valence-electron chi connectivity index (χ4n) is 3.31. The molecule has 0 aliphatic carbocycles. The van der Waals surface area contributed by atoms with Gasteiger partial charge in [0.1, 0.15) is 0 Å². The molecular weight excluding hydrogens is 338 g/mol. The SMILES string of the molecule is O=C1c2ccccc2Nc2cc(Cl)ccc2N1CCN1CCOCC1. The maximum absolute atomic E-state index is 13.2. The van der Waals surface area contributed by atoms with E-state index in [0.717, 1.165) is 49.9 Å². The molecule has 1 N–H and O–H groups in total. The minimum absolute atomic E-state index is 0.0115. The van der Waals surface area contributed by atoms with Crippen LogP contribution in [0.25, 0.3) is 0 Å². The van der Waals surface area contributed by atoms with Crippen molar-refractivity contribution in [3.05, 3.63) is 53.1 Å². The van der Waals surface area contributed by atoms with Crippen molar-refractivity contribution in [1.29, 1.82) is 0 Å². The molecule has 1 saturated heterocycles. The van der Waals surface area contributed by atoms with Gasteiger partial charge in [-0.1, -0.05) is 23.7 Å². The molecule has 2 heterocycles. The average molecular weight is 358 g/mol. The number of carbonyl (C=O) groups is 1. The second kappa shape index (κ2) is 7.04. The Morgan fingerprint density at radius 2 is 1.84 bits per heavy atom. The number of carbonyl (C=O) groups excluding carboxylic acids is 1. The Morgan fingerprint density at radius 3 is 2.68 bits per heavy atom. The van der Waals surface area contributed by atoms with E-state index < -0.39 is 0 Å². The molecule has 4 rings (SSSR count). The highest BCUT2D eigenvalue weighted by Gasteiger charge is 2.27. The molecule has 0 unspecified atom stereocenters. The number of nitrogens with one attached hydrogen (secondary N) is 1. The van der Waals surface area contributed by atoms with E-state index in [9.17, 15) is 4.79 Å². The smallest absolute Gasteiger partial charge is 0.260 e. The summed E-state index contributed by atoms with van der Waals surface area (Å²) < 4.78 is 5.40. The molecule has 25 heavy (non-hydrogen) atoms. The summed E-state index contributed by atoms with van der Waals surface area (Å²) >= 11 is 6.17. The molecule has 2 aromatic rings. The van der Waals surface area contributed by atoms with E-state index in [-0.39, 0.29) is 5.91 Å². The summed E-state index contributed by atoms with van der Waals surface area (Å²) in [7, 11) is 0. The Kier molecular flexibility index (Phi) is 4.61. The summed E-state index contributed by atoms with van der Waals surface area (Å²) in [6.45, 7) is 4.77. The van der Waals surface area contributed by atoms with Gasteiger partial charge in [-0.2, -0.15) is 0 Å². The first-order valence-electron chi connectivity index (χ1n) is 8.50. The lowest BCUT2D eigenvalue weighted by molar-refractivity contribution is 0.0391. The van der Waals surface area contributed by atoms with Gasteiger partial charge >= 0.3 is 0 Å². The van der Waals surface area contributed by atoms with Crippen molar-refractivity contribution in [3.8, 4) is 0 Å². The van der Waals surface area contributed by atoms with E-state index >= 15 is 0 Å². The summed E-state index contributed by atoms with van der Waals surface area (Å²) in [5.74, 6) is 0.0115. The Bertz CT molecular complexity index is 790. The van der Waals surface area contributed by atoms with E-state index in [0.29, 0.717) is 17.1 Å². The van der Waals surface area contributed by atoms with Gasteiger partial charge in [0, 0.05) is 31.2 Å². The van der Waals surface area contributed by atoms with Gasteiger partial charge in [0.2, 0.25) is 0 Å². The molecule has 5 nitrogen and oxygen atoms in total. The van der Waals surface area contributed by atoms with Crippen molar-refractivity contribution in [2.45, 2.75) is 0 Å². The number of para-hydroxylation sites is 1. The number of amides is 1. The zero-order chi connectivity index (χ0) is 17.2. The number of hydrogen-bond donors (Lipinski definition) is 1. The van der Waals surface area contributed by atoms with Crippen LogP contribution >= 0.6 is 11.6 Å². The van der Waals surface area contributed by atoms with Crippen LogP contribution in [0.1, 0.15) is 10.4 Å². The molecule has 2 aliphatic rings. The van der Waals surface area contributed by atoms with Crippen LogP contribution in [-0.4, -0.2) is 50.2 Å². The van der Waals surface area contributed by atoms with Crippen LogP contribution in [0.3, 0.4) is 0 Å². The third-order valence-corrected chi connectivity index (χ3v) is 4.90. The first kappa shape index (κ1) is 16.4. The molecular formula is C19H20ClN3O2. The number of anilines is 3. The lowest BCUT2D eigenvalue weighted by atomic mass is 10.1. The van der Waals surface area contributed by atoms with Crippen molar-refractivity contribution < 1.29 is 9.53 Å². The van der Waals surface area contributed by atoms with Crippen molar-refractivity contribution in [2.75, 3.05) is 49.6 Å². The number of benzene rings is 2. The van der Waals surface area contributed by atoms with E-state index in [2.05, 4.69) is 10.2 Å². The Labute approximate surface area is 152 Å². The van der Waals surface area contributed by atoms with Gasteiger partial charge in [-0.05, 0) is 30.3 Å². The molecule has 0 spiro atoms. The highest BCUT2D eigenvalue weighted by Crippen LogP contribution is 2.37. The highest BCUT2D eigenvalue weighted by atomic mass is 35.5. The molecule has 1 fully saturated rings. The molecule has 0 bridgehead atoms. The Hall–Kier alpha value is -2.08. The number of morpholine rings is 1. The maximum Gasteiger partial charge on any atom is 0.260 e. The second-order valence-electron chi connectivity index (χ2n) is 6.24. The molecule has 0 aromatic heterocycles. The van der Waals surface area contributed by atoms with Gasteiger partial charge in [0.15, 0.2) is 0 Å². The molecule has 1 amide bonds. The molecule has 2 aromatic carbocycles. The molecule has 0 saturated carbocycles. The average Bonchev–Trinajstić information content (AvgIpc) is 2.75. The largest absolute Gasteiger partial charge is 0.379 e. The van der Waals surface area contributed by atoms with Crippen molar-refractivity contribution in [3.63, 3.8) is 0 Å². The van der Waals surface area contributed by atoms with Crippen LogP contribution in [0, 0.1) is 0 Å². The lowest BCUT2D eigenvalue weighted by Crippen LogP contribution is -2.43. The minimum Gasteiger partial charge on any atom is -0.379 e. The van der Waals surface area contributed by atoms with Crippen LogP contribution in [-0.2, 0) is 4.74 Å². The van der Waals surface area contributed by atoms with Crippen molar-refractivity contribution >= 4 is 34.6 Å². The maximum atomic E-state index is 13.2. The first-order chi connectivity index (χ1) is 12.2. The Morgan fingerprint density at radius 1 is 1.04 bits per heavy atom.